The molecule has 1 heterocycles. The predicted octanol–water partition coefficient (Wildman–Crippen LogP) is 1.72. The fraction of sp³-hybridized carbons (Fsp3) is 0.562. The number of hydrogen-bond acceptors (Lipinski definition) is 5. The van der Waals surface area contributed by atoms with Gasteiger partial charge in [0.05, 0.1) is 26.3 Å². The lowest BCUT2D eigenvalue weighted by atomic mass is 9.77. The van der Waals surface area contributed by atoms with Gasteiger partial charge in [0.15, 0.2) is 5.96 Å². The smallest absolute Gasteiger partial charge is 0.191 e. The summed E-state index contributed by atoms with van der Waals surface area (Å²) in [5.74, 6) is 2.60. The zero-order chi connectivity index (χ0) is 14.7. The van der Waals surface area contributed by atoms with Crippen LogP contribution in [0.3, 0.4) is 0 Å². The number of guanidine groups is 1. The van der Waals surface area contributed by atoms with E-state index in [-0.39, 0.29) is 5.54 Å². The summed E-state index contributed by atoms with van der Waals surface area (Å²) in [6, 6.07) is 5.98. The average Bonchev–Trinajstić information content (AvgIpc) is 2.91. The number of nitrogens with zero attached hydrogens (tertiary/aromatic N) is 1. The second-order valence-electron chi connectivity index (χ2n) is 5.82. The standard InChI is InChI=1S/C16H23N3O2/c1-20-13-8-12(9-14(10-13)21-2)4-7-17-15-18-11-16(19-15)5-3-6-16/h8-10H,3-7,11H2,1-2H3,(H2,17,18,19). The van der Waals surface area contributed by atoms with E-state index < -0.39 is 0 Å². The van der Waals surface area contributed by atoms with E-state index in [2.05, 4.69) is 15.6 Å². The first-order valence-corrected chi connectivity index (χ1v) is 7.51. The number of nitrogens with one attached hydrogen (secondary N) is 2. The Hall–Kier alpha value is -1.91. The van der Waals surface area contributed by atoms with Gasteiger partial charge in [-0.05, 0) is 43.4 Å². The Balaban J connectivity index is 1.51. The molecule has 1 aliphatic carbocycles. The van der Waals surface area contributed by atoms with E-state index in [1.807, 2.05) is 18.2 Å². The van der Waals surface area contributed by atoms with Gasteiger partial charge in [0.25, 0.3) is 0 Å². The highest BCUT2D eigenvalue weighted by Crippen LogP contribution is 2.34. The SMILES string of the molecule is COc1cc(CCNC2=NCC3(CCC3)N2)cc(OC)c1. The molecule has 1 aliphatic heterocycles. The minimum Gasteiger partial charge on any atom is -0.497 e. The van der Waals surface area contributed by atoms with Crippen LogP contribution in [-0.4, -0.2) is 38.8 Å². The summed E-state index contributed by atoms with van der Waals surface area (Å²) in [7, 11) is 3.35. The van der Waals surface area contributed by atoms with Crippen molar-refractivity contribution >= 4 is 5.96 Å². The number of ether oxygens (including phenoxy) is 2. The monoisotopic (exact) mass is 289 g/mol. The first-order chi connectivity index (χ1) is 10.2. The lowest BCUT2D eigenvalue weighted by molar-refractivity contribution is 0.241. The molecule has 5 heteroatoms. The van der Waals surface area contributed by atoms with Crippen molar-refractivity contribution < 1.29 is 9.47 Å². The van der Waals surface area contributed by atoms with E-state index >= 15 is 0 Å². The molecule has 2 N–H and O–H groups in total. The topological polar surface area (TPSA) is 54.9 Å². The summed E-state index contributed by atoms with van der Waals surface area (Å²) in [6.45, 7) is 1.76. The molecule has 0 saturated heterocycles. The van der Waals surface area contributed by atoms with Crippen LogP contribution >= 0.6 is 0 Å². The highest BCUT2D eigenvalue weighted by atomic mass is 16.5. The molecular weight excluding hydrogens is 266 g/mol. The van der Waals surface area contributed by atoms with Gasteiger partial charge in [0.2, 0.25) is 0 Å². The Morgan fingerprint density at radius 3 is 2.43 bits per heavy atom. The highest BCUT2D eigenvalue weighted by molar-refractivity contribution is 5.82. The number of rotatable bonds is 5. The molecule has 3 rings (SSSR count). The van der Waals surface area contributed by atoms with Crippen LogP contribution in [-0.2, 0) is 6.42 Å². The van der Waals surface area contributed by atoms with Gasteiger partial charge in [-0.2, -0.15) is 0 Å². The van der Waals surface area contributed by atoms with Crippen LogP contribution in [0.2, 0.25) is 0 Å². The molecule has 1 spiro atoms. The summed E-state index contributed by atoms with van der Waals surface area (Å²) in [4.78, 5) is 4.55. The Labute approximate surface area is 125 Å². The normalized spacial score (nSPS) is 18.7. The van der Waals surface area contributed by atoms with Crippen molar-refractivity contribution in [3.8, 4) is 11.5 Å². The third kappa shape index (κ3) is 3.06. The number of methoxy groups -OCH3 is 2. The van der Waals surface area contributed by atoms with E-state index in [0.29, 0.717) is 0 Å². The molecule has 0 radical (unpaired) electrons. The third-order valence-electron chi connectivity index (χ3n) is 4.35. The Morgan fingerprint density at radius 2 is 1.90 bits per heavy atom. The van der Waals surface area contributed by atoms with Gasteiger partial charge >= 0.3 is 0 Å². The summed E-state index contributed by atoms with van der Waals surface area (Å²) in [5, 5.41) is 6.91. The molecule has 1 aromatic rings. The van der Waals surface area contributed by atoms with Crippen molar-refractivity contribution in [3.05, 3.63) is 23.8 Å². The van der Waals surface area contributed by atoms with Gasteiger partial charge < -0.3 is 20.1 Å². The van der Waals surface area contributed by atoms with Gasteiger partial charge in [0.1, 0.15) is 11.5 Å². The molecule has 0 unspecified atom stereocenters. The van der Waals surface area contributed by atoms with Gasteiger partial charge in [0, 0.05) is 12.6 Å². The first kappa shape index (κ1) is 14.0. The highest BCUT2D eigenvalue weighted by Gasteiger charge is 2.40. The van der Waals surface area contributed by atoms with Crippen molar-refractivity contribution in [1.29, 1.82) is 0 Å². The zero-order valence-corrected chi connectivity index (χ0v) is 12.7. The molecule has 1 saturated carbocycles. The van der Waals surface area contributed by atoms with Crippen LogP contribution < -0.4 is 20.1 Å². The lowest BCUT2D eigenvalue weighted by Gasteiger charge is -2.38. The zero-order valence-electron chi connectivity index (χ0n) is 12.7. The maximum atomic E-state index is 5.29. The number of aliphatic imine (C=N–C) groups is 1. The van der Waals surface area contributed by atoms with Crippen molar-refractivity contribution in [1.82, 2.24) is 10.6 Å². The molecule has 21 heavy (non-hydrogen) atoms. The number of benzene rings is 1. The summed E-state index contributed by atoms with van der Waals surface area (Å²) in [5.41, 5.74) is 1.47. The molecule has 0 aromatic heterocycles. The maximum absolute atomic E-state index is 5.29. The van der Waals surface area contributed by atoms with E-state index in [1.165, 1.54) is 24.8 Å². The van der Waals surface area contributed by atoms with E-state index in [9.17, 15) is 0 Å². The Morgan fingerprint density at radius 1 is 1.19 bits per heavy atom. The first-order valence-electron chi connectivity index (χ1n) is 7.51. The van der Waals surface area contributed by atoms with Crippen LogP contribution in [0.25, 0.3) is 0 Å². The van der Waals surface area contributed by atoms with Crippen molar-refractivity contribution in [2.45, 2.75) is 31.2 Å². The van der Waals surface area contributed by atoms with Gasteiger partial charge in [-0.25, -0.2) is 0 Å². The molecule has 0 bridgehead atoms. The van der Waals surface area contributed by atoms with Gasteiger partial charge in [-0.1, -0.05) is 0 Å². The molecule has 2 aliphatic rings. The molecule has 114 valence electrons. The minimum absolute atomic E-state index is 0.279. The Kier molecular flexibility index (Phi) is 3.90. The molecule has 5 nitrogen and oxygen atoms in total. The molecule has 1 fully saturated rings. The van der Waals surface area contributed by atoms with E-state index in [1.54, 1.807) is 14.2 Å². The van der Waals surface area contributed by atoms with Crippen molar-refractivity contribution in [2.75, 3.05) is 27.3 Å². The van der Waals surface area contributed by atoms with Crippen LogP contribution in [0.1, 0.15) is 24.8 Å². The van der Waals surface area contributed by atoms with E-state index in [0.717, 1.165) is 37.0 Å². The molecule has 1 aromatic carbocycles. The van der Waals surface area contributed by atoms with E-state index in [4.69, 9.17) is 9.47 Å². The van der Waals surface area contributed by atoms with Gasteiger partial charge in [-0.3, -0.25) is 4.99 Å². The second kappa shape index (κ2) is 5.84. The second-order valence-corrected chi connectivity index (χ2v) is 5.82. The Bertz CT molecular complexity index is 516. The molecule has 0 atom stereocenters. The van der Waals surface area contributed by atoms with Crippen LogP contribution in [0.5, 0.6) is 11.5 Å². The predicted molar refractivity (Wildman–Crippen MR) is 83.3 cm³/mol. The van der Waals surface area contributed by atoms with Crippen LogP contribution in [0.15, 0.2) is 23.2 Å². The van der Waals surface area contributed by atoms with Gasteiger partial charge in [-0.15, -0.1) is 0 Å². The van der Waals surface area contributed by atoms with Crippen LogP contribution in [0.4, 0.5) is 0 Å². The summed E-state index contributed by atoms with van der Waals surface area (Å²) in [6.07, 6.45) is 4.71. The largest absolute Gasteiger partial charge is 0.497 e. The third-order valence-corrected chi connectivity index (χ3v) is 4.35. The summed E-state index contributed by atoms with van der Waals surface area (Å²) >= 11 is 0. The fourth-order valence-electron chi connectivity index (χ4n) is 2.88. The van der Waals surface area contributed by atoms with Crippen LogP contribution in [0, 0.1) is 0 Å². The van der Waals surface area contributed by atoms with Crippen molar-refractivity contribution in [3.63, 3.8) is 0 Å². The molecular formula is C16H23N3O2. The molecule has 0 amide bonds. The summed E-state index contributed by atoms with van der Waals surface area (Å²) < 4.78 is 10.6. The maximum Gasteiger partial charge on any atom is 0.191 e. The fourth-order valence-corrected chi connectivity index (χ4v) is 2.88. The minimum atomic E-state index is 0.279. The number of hydrogen-bond donors (Lipinski definition) is 2. The quantitative estimate of drug-likeness (QED) is 0.866. The van der Waals surface area contributed by atoms with Crippen molar-refractivity contribution in [2.24, 2.45) is 4.99 Å². The average molecular weight is 289 g/mol. The lowest BCUT2D eigenvalue weighted by Crippen LogP contribution is -2.54.